The van der Waals surface area contributed by atoms with E-state index in [-0.39, 0.29) is 13.2 Å². The third kappa shape index (κ3) is 18.0. The summed E-state index contributed by atoms with van der Waals surface area (Å²) in [5, 5.41) is 0. The van der Waals surface area contributed by atoms with Gasteiger partial charge < -0.3 is 33.2 Å². The highest BCUT2D eigenvalue weighted by Gasteiger charge is 2.12. The first-order valence-corrected chi connectivity index (χ1v) is 30.1. The molecule has 8 aromatic carbocycles. The Hall–Kier alpha value is -1.80. The maximum atomic E-state index is 6.64. The van der Waals surface area contributed by atoms with E-state index in [1.54, 1.807) is 0 Å². The summed E-state index contributed by atoms with van der Waals surface area (Å²) in [6.07, 6.45) is 0. The number of benzene rings is 8. The van der Waals surface area contributed by atoms with Crippen LogP contribution in [0.15, 0.2) is 158 Å². The number of ether oxygens (including phenoxy) is 7. The lowest BCUT2D eigenvalue weighted by Gasteiger charge is -2.16. The molecule has 15 heteroatoms. The second-order valence-electron chi connectivity index (χ2n) is 15.9. The van der Waals surface area contributed by atoms with E-state index in [0.717, 1.165) is 96.3 Å². The number of halogens is 8. The van der Waals surface area contributed by atoms with Crippen LogP contribution in [0.4, 0.5) is 0 Å². The van der Waals surface area contributed by atoms with Crippen molar-refractivity contribution in [2.45, 2.75) is 46.2 Å². The van der Waals surface area contributed by atoms with Gasteiger partial charge in [-0.1, -0.05) is 30.3 Å². The molecule has 8 rings (SSSR count). The molecular formula is C55H40I8O7. The minimum Gasteiger partial charge on any atom is -0.489 e. The summed E-state index contributed by atoms with van der Waals surface area (Å²) in [7, 11) is 0. The molecule has 7 nitrogen and oxygen atoms in total. The Bertz CT molecular complexity index is 2670. The van der Waals surface area contributed by atoms with Crippen LogP contribution in [-0.4, -0.2) is 0 Å². The zero-order valence-corrected chi connectivity index (χ0v) is 54.1. The highest BCUT2D eigenvalue weighted by molar-refractivity contribution is 14.1. The summed E-state index contributed by atoms with van der Waals surface area (Å²) in [5.41, 5.74) is 6.81. The van der Waals surface area contributed by atoms with Crippen LogP contribution in [-0.2, 0) is 46.2 Å². The van der Waals surface area contributed by atoms with Crippen LogP contribution in [0.5, 0.6) is 40.2 Å². The third-order valence-corrected chi connectivity index (χ3v) is 15.1. The van der Waals surface area contributed by atoms with Crippen molar-refractivity contribution in [3.05, 3.63) is 225 Å². The molecular weight excluding hydrogens is 1790 g/mol. The zero-order valence-electron chi connectivity index (χ0n) is 36.8. The fraction of sp³-hybridized carbons (Fsp3) is 0.127. The van der Waals surface area contributed by atoms with Crippen molar-refractivity contribution in [3.63, 3.8) is 0 Å². The van der Waals surface area contributed by atoms with E-state index in [9.17, 15) is 0 Å². The predicted octanol–water partition coefficient (Wildman–Crippen LogP) is 17.6. The standard InChI is InChI=1S/C55H40I8O7/c56-41-15-42(57)20-52(19-41)67-30-37-7-38(31-68-53-21-43(58)16-44(59)22-53)12-50(11-37)65-28-35-6-36(10-49(9-35)64-27-34-4-2-1-3-5-34)29-66-51-13-39(32-69-54-23-45(60)17-46(61)24-54)8-40(14-51)33-70-55-25-47(62)18-48(63)26-55/h1-26H,27-33H2. The van der Waals surface area contributed by atoms with Crippen molar-refractivity contribution in [1.82, 2.24) is 0 Å². The van der Waals surface area contributed by atoms with E-state index in [4.69, 9.17) is 33.2 Å². The molecule has 0 fully saturated rings. The monoisotopic (exact) mass is 1830 g/mol. The van der Waals surface area contributed by atoms with Gasteiger partial charge in [-0.2, -0.15) is 0 Å². The Morgan fingerprint density at radius 1 is 0.200 bits per heavy atom. The molecule has 358 valence electrons. The highest BCUT2D eigenvalue weighted by atomic mass is 127. The molecule has 0 aliphatic carbocycles. The molecule has 0 radical (unpaired) electrons. The largest absolute Gasteiger partial charge is 0.489 e. The maximum Gasteiger partial charge on any atom is 0.121 e. The fourth-order valence-corrected chi connectivity index (χ4v) is 14.6. The summed E-state index contributed by atoms with van der Waals surface area (Å²) >= 11 is 18.6. The predicted molar refractivity (Wildman–Crippen MR) is 344 cm³/mol. The van der Waals surface area contributed by atoms with Crippen molar-refractivity contribution >= 4 is 181 Å². The van der Waals surface area contributed by atoms with Crippen LogP contribution in [0.1, 0.15) is 38.9 Å². The van der Waals surface area contributed by atoms with Gasteiger partial charge in [-0.25, -0.2) is 0 Å². The van der Waals surface area contributed by atoms with Gasteiger partial charge in [0.15, 0.2) is 0 Å². The van der Waals surface area contributed by atoms with E-state index >= 15 is 0 Å². The lowest BCUT2D eigenvalue weighted by molar-refractivity contribution is 0.281. The summed E-state index contributed by atoms with van der Waals surface area (Å²) in [5.74, 6) is 5.38. The van der Waals surface area contributed by atoms with E-state index in [1.807, 2.05) is 103 Å². The van der Waals surface area contributed by atoms with E-state index in [2.05, 4.69) is 235 Å². The summed E-state index contributed by atoms with van der Waals surface area (Å²) in [6, 6.07) is 53.5. The van der Waals surface area contributed by atoms with Crippen LogP contribution < -0.4 is 33.2 Å². The lowest BCUT2D eigenvalue weighted by Crippen LogP contribution is -2.05. The molecule has 0 saturated carbocycles. The minimum atomic E-state index is 0.285. The van der Waals surface area contributed by atoms with Gasteiger partial charge >= 0.3 is 0 Å². The minimum absolute atomic E-state index is 0.285. The second kappa shape index (κ2) is 27.1. The Kier molecular flexibility index (Phi) is 21.1. The molecule has 8 aromatic rings. The van der Waals surface area contributed by atoms with Gasteiger partial charge in [0, 0.05) is 28.6 Å². The number of hydrogen-bond acceptors (Lipinski definition) is 7. The fourth-order valence-electron chi connectivity index (χ4n) is 7.12. The lowest BCUT2D eigenvalue weighted by atomic mass is 10.1. The van der Waals surface area contributed by atoms with Gasteiger partial charge in [0.25, 0.3) is 0 Å². The average Bonchev–Trinajstić information content (AvgIpc) is 3.31. The van der Waals surface area contributed by atoms with E-state index in [1.165, 1.54) is 0 Å². The van der Waals surface area contributed by atoms with Crippen molar-refractivity contribution in [2.24, 2.45) is 0 Å². The molecule has 0 bridgehead atoms. The molecule has 0 aliphatic rings. The molecule has 0 amide bonds. The SMILES string of the molecule is Ic1cc(I)cc(OCc2cc(COc3cc(I)cc(I)c3)cc(OCc3cc(COc4cc(COc5cc(I)cc(I)c5)cc(COc5cc(I)cc(I)c5)c4)cc(OCc4ccccc4)c3)c2)c1. The molecule has 0 N–H and O–H groups in total. The topological polar surface area (TPSA) is 64.6 Å². The molecule has 0 spiro atoms. The third-order valence-electron chi connectivity index (χ3n) is 10.1. The smallest absolute Gasteiger partial charge is 0.121 e. The molecule has 70 heavy (non-hydrogen) atoms. The molecule has 0 heterocycles. The van der Waals surface area contributed by atoms with Crippen LogP contribution >= 0.6 is 181 Å². The van der Waals surface area contributed by atoms with Crippen molar-refractivity contribution in [3.8, 4) is 40.2 Å². The molecule has 0 atom stereocenters. The molecule has 0 aliphatic heterocycles. The number of rotatable bonds is 21. The van der Waals surface area contributed by atoms with Crippen LogP contribution in [0.2, 0.25) is 0 Å². The molecule has 0 unspecified atom stereocenters. The quantitative estimate of drug-likeness (QED) is 0.0664. The van der Waals surface area contributed by atoms with Gasteiger partial charge in [0.2, 0.25) is 0 Å². The van der Waals surface area contributed by atoms with Gasteiger partial charge in [-0.15, -0.1) is 0 Å². The Morgan fingerprint density at radius 3 is 0.600 bits per heavy atom. The van der Waals surface area contributed by atoms with Crippen LogP contribution in [0.3, 0.4) is 0 Å². The van der Waals surface area contributed by atoms with E-state index in [0.29, 0.717) is 44.5 Å². The van der Waals surface area contributed by atoms with E-state index < -0.39 is 0 Å². The first-order valence-electron chi connectivity index (χ1n) is 21.5. The van der Waals surface area contributed by atoms with Crippen LogP contribution in [0.25, 0.3) is 0 Å². The second-order valence-corrected chi connectivity index (χ2v) is 25.8. The average molecular weight is 1830 g/mol. The number of hydrogen-bond donors (Lipinski definition) is 0. The Balaban J connectivity index is 1.04. The normalized spacial score (nSPS) is 11.0. The summed E-state index contributed by atoms with van der Waals surface area (Å²) in [4.78, 5) is 0. The van der Waals surface area contributed by atoms with Crippen molar-refractivity contribution in [2.75, 3.05) is 0 Å². The maximum absolute atomic E-state index is 6.64. The highest BCUT2D eigenvalue weighted by Crippen LogP contribution is 2.30. The van der Waals surface area contributed by atoms with Gasteiger partial charge in [-0.3, -0.25) is 0 Å². The first kappa shape index (κ1) is 54.5. The van der Waals surface area contributed by atoms with Crippen molar-refractivity contribution in [1.29, 1.82) is 0 Å². The molecule has 0 aromatic heterocycles. The Labute approximate surface area is 517 Å². The molecule has 0 saturated heterocycles. The zero-order chi connectivity index (χ0) is 49.0. The van der Waals surface area contributed by atoms with Crippen LogP contribution in [0, 0.1) is 28.6 Å². The van der Waals surface area contributed by atoms with Gasteiger partial charge in [0.1, 0.15) is 86.5 Å². The van der Waals surface area contributed by atoms with Crippen molar-refractivity contribution < 1.29 is 33.2 Å². The van der Waals surface area contributed by atoms with Gasteiger partial charge in [-0.05, 0) is 347 Å². The first-order chi connectivity index (χ1) is 33.8. The van der Waals surface area contributed by atoms with Gasteiger partial charge in [0.05, 0.1) is 0 Å². The Morgan fingerprint density at radius 2 is 0.386 bits per heavy atom. The summed E-state index contributed by atoms with van der Waals surface area (Å²) in [6.45, 7) is 2.44. The summed E-state index contributed by atoms with van der Waals surface area (Å²) < 4.78 is 53.9.